The Bertz CT molecular complexity index is 3560. The second kappa shape index (κ2) is 29.8. The minimum absolute atomic E-state index is 0.00604. The second-order valence-electron chi connectivity index (χ2n) is 39.3. The van der Waals surface area contributed by atoms with Crippen LogP contribution < -0.4 is 0 Å². The number of aromatic nitrogens is 10. The number of fused-ring (bicyclic) bond motifs is 4. The molecule has 0 bridgehead atoms. The van der Waals surface area contributed by atoms with Gasteiger partial charge in [0.25, 0.3) is 0 Å². The Labute approximate surface area is 593 Å². The Morgan fingerprint density at radius 2 is 0.856 bits per heavy atom. The highest BCUT2D eigenvalue weighted by Crippen LogP contribution is 2.36. The van der Waals surface area contributed by atoms with Crippen LogP contribution in [0.25, 0.3) is 16.7 Å². The van der Waals surface area contributed by atoms with Crippen molar-refractivity contribution < 1.29 is 4.42 Å². The summed E-state index contributed by atoms with van der Waals surface area (Å²) >= 11 is 1.91. The van der Waals surface area contributed by atoms with Gasteiger partial charge in [-0.2, -0.15) is 5.10 Å². The number of hydrogen-bond donors (Lipinski definition) is 0. The molecule has 0 fully saturated rings. The average molecular weight is 1350 g/mol. The van der Waals surface area contributed by atoms with E-state index in [1.165, 1.54) is 43.5 Å². The van der Waals surface area contributed by atoms with Crippen molar-refractivity contribution in [2.45, 2.75) is 340 Å². The van der Waals surface area contributed by atoms with E-state index in [-0.39, 0.29) is 65.2 Å². The lowest BCUT2D eigenvalue weighted by atomic mass is 9.86. The molecule has 2 aliphatic rings. The summed E-state index contributed by atoms with van der Waals surface area (Å²) in [5, 5.41) is 5.85. The quantitative estimate of drug-likeness (QED) is 0.143. The smallest absolute Gasteiger partial charge is 0.200 e. The summed E-state index contributed by atoms with van der Waals surface area (Å²) in [5.41, 5.74) is 15.2. The highest BCUT2D eigenvalue weighted by molar-refractivity contribution is 7.11. The van der Waals surface area contributed by atoms with Gasteiger partial charge in [0.1, 0.15) is 11.3 Å². The van der Waals surface area contributed by atoms with E-state index >= 15 is 0 Å². The van der Waals surface area contributed by atoms with Crippen molar-refractivity contribution in [3.8, 4) is 0 Å². The summed E-state index contributed by atoms with van der Waals surface area (Å²) in [7, 11) is 0. The molecule has 0 amide bonds. The highest BCUT2D eigenvalue weighted by Gasteiger charge is 2.32. The zero-order valence-corrected chi connectivity index (χ0v) is 68.7. The lowest BCUT2D eigenvalue weighted by Gasteiger charge is -2.38. The van der Waals surface area contributed by atoms with Crippen LogP contribution >= 0.6 is 11.3 Å². The molecule has 0 aliphatic carbocycles. The number of pyridine rings is 2. The van der Waals surface area contributed by atoms with Gasteiger partial charge in [0, 0.05) is 141 Å². The Morgan fingerprint density at radius 3 is 1.29 bits per heavy atom. The topological polar surface area (TPSA) is 140 Å². The third-order valence-corrected chi connectivity index (χ3v) is 18.7. The third-order valence-electron chi connectivity index (χ3n) is 17.2. The van der Waals surface area contributed by atoms with Crippen LogP contribution in [0.5, 0.6) is 0 Å². The van der Waals surface area contributed by atoms with Crippen LogP contribution in [0.2, 0.25) is 0 Å². The van der Waals surface area contributed by atoms with Crippen molar-refractivity contribution in [1.82, 2.24) is 59.3 Å². The molecule has 0 unspecified atom stereocenters. The van der Waals surface area contributed by atoms with Crippen LogP contribution in [-0.2, 0) is 80.1 Å². The van der Waals surface area contributed by atoms with Crippen LogP contribution in [-0.4, -0.2) is 83.5 Å². The summed E-state index contributed by atoms with van der Waals surface area (Å²) in [6.45, 7) is 83.3. The zero-order chi connectivity index (χ0) is 74.1. The van der Waals surface area contributed by atoms with Gasteiger partial charge in [-0.3, -0.25) is 24.8 Å². The number of benzene rings is 1. The van der Waals surface area contributed by atoms with E-state index in [0.717, 1.165) is 90.4 Å². The molecule has 9 heterocycles. The van der Waals surface area contributed by atoms with Gasteiger partial charge < -0.3 is 4.42 Å². The number of oxazole rings is 1. The highest BCUT2D eigenvalue weighted by atomic mass is 32.1. The maximum atomic E-state index is 5.79. The summed E-state index contributed by atoms with van der Waals surface area (Å²) < 4.78 is 7.68. The maximum absolute atomic E-state index is 5.79. The molecule has 0 atom stereocenters. The Hall–Kier alpha value is -5.83. The van der Waals surface area contributed by atoms with Gasteiger partial charge in [0.05, 0.1) is 22.1 Å². The monoisotopic (exact) mass is 1350 g/mol. The number of rotatable bonds is 0. The van der Waals surface area contributed by atoms with Crippen LogP contribution in [0.1, 0.15) is 327 Å². The fraction of sp³-hybridized carbons (Fsp3) is 0.651. The predicted molar refractivity (Wildman–Crippen MR) is 412 cm³/mol. The van der Waals surface area contributed by atoms with Crippen molar-refractivity contribution in [3.63, 3.8) is 0 Å². The average Bonchev–Trinajstić information content (AvgIpc) is 1.39. The van der Waals surface area contributed by atoms with Gasteiger partial charge >= 0.3 is 0 Å². The molecule has 7 aromatic heterocycles. The molecule has 8 aromatic rings. The lowest BCUT2D eigenvalue weighted by molar-refractivity contribution is 0.119. The van der Waals surface area contributed by atoms with Gasteiger partial charge in [-0.15, -0.1) is 11.3 Å². The van der Waals surface area contributed by atoms with Crippen molar-refractivity contribution >= 4 is 28.1 Å². The third kappa shape index (κ3) is 23.9. The second-order valence-corrected chi connectivity index (χ2v) is 40.4. The minimum atomic E-state index is -0.0408. The van der Waals surface area contributed by atoms with Gasteiger partial charge in [0.2, 0.25) is 5.89 Å². The van der Waals surface area contributed by atoms with E-state index in [4.69, 9.17) is 14.4 Å². The molecule has 1 aromatic carbocycles. The number of thiazole rings is 1. The van der Waals surface area contributed by atoms with Gasteiger partial charge in [-0.25, -0.2) is 29.4 Å². The van der Waals surface area contributed by atoms with Crippen LogP contribution in [0.4, 0.5) is 0 Å². The molecule has 0 radical (unpaired) electrons. The molecule has 13 nitrogen and oxygen atoms in total. The first kappa shape index (κ1) is 81.8. The molecular formula is C83H132N12OS. The largest absolute Gasteiger partial charge is 0.440 e. The molecule has 14 heteroatoms. The van der Waals surface area contributed by atoms with E-state index in [9.17, 15) is 0 Å². The number of nitrogens with zero attached hydrogens (tertiary/aromatic N) is 12. The molecule has 97 heavy (non-hydrogen) atoms. The zero-order valence-electron chi connectivity index (χ0n) is 67.9. The summed E-state index contributed by atoms with van der Waals surface area (Å²) in [6, 6.07) is 14.8. The fourth-order valence-corrected chi connectivity index (χ4v) is 11.3. The lowest BCUT2D eigenvalue weighted by Crippen LogP contribution is -2.44. The molecule has 0 spiro atoms. The van der Waals surface area contributed by atoms with Crippen LogP contribution in [0.3, 0.4) is 0 Å². The maximum Gasteiger partial charge on any atom is 0.200 e. The Morgan fingerprint density at radius 1 is 0.381 bits per heavy atom. The first-order valence-corrected chi connectivity index (χ1v) is 36.4. The molecule has 10 rings (SSSR count). The minimum Gasteiger partial charge on any atom is -0.440 e. The van der Waals surface area contributed by atoms with Crippen LogP contribution in [0, 0.1) is 0 Å². The molecule has 2 aliphatic heterocycles. The van der Waals surface area contributed by atoms with E-state index in [1.807, 2.05) is 52.8 Å². The van der Waals surface area contributed by atoms with Gasteiger partial charge in [-0.1, -0.05) is 226 Å². The van der Waals surface area contributed by atoms with Crippen molar-refractivity contribution in [1.29, 1.82) is 0 Å². The first-order chi connectivity index (χ1) is 43.6. The van der Waals surface area contributed by atoms with Crippen LogP contribution in [0.15, 0.2) is 77.9 Å². The molecule has 0 N–H and O–H groups in total. The van der Waals surface area contributed by atoms with E-state index < -0.39 is 0 Å². The molecule has 0 saturated carbocycles. The summed E-state index contributed by atoms with van der Waals surface area (Å²) in [6.07, 6.45) is 12.0. The normalized spacial score (nSPS) is 14.9. The fourth-order valence-electron chi connectivity index (χ4n) is 10.1. The molecular weight excluding hydrogens is 1210 g/mol. The van der Waals surface area contributed by atoms with Gasteiger partial charge in [-0.05, 0) is 98.7 Å². The molecule has 536 valence electrons. The van der Waals surface area contributed by atoms with Gasteiger partial charge in [0.15, 0.2) is 17.1 Å². The molecule has 0 saturated heterocycles. The van der Waals surface area contributed by atoms with E-state index in [2.05, 4.69) is 331 Å². The Balaban J connectivity index is 0.000000211. The van der Waals surface area contributed by atoms with E-state index in [0.29, 0.717) is 0 Å². The SMILES string of the molecule is CC(C)(C)c1ccc(C(C)(C)C)nc1.CC(C)(C)c1ccc2nc(C(C)(C)C)nn2c1.CC(C)(C)c1ccc2oc(C(C)(C)C)nc2c1.CC(C)(C)c1cnc(C(C)(C)C)cn1.CC(C)(C)c1nc2c(s1)CN(C(C)(C)C)CC2.CC(C)(C)c1ncc2c(n1)CCN(C(C)(C)C)C2. The number of hydrogen-bond acceptors (Lipinski definition) is 13. The van der Waals surface area contributed by atoms with Crippen molar-refractivity contribution in [2.24, 2.45) is 0 Å². The Kier molecular flexibility index (Phi) is 25.1. The summed E-state index contributed by atoms with van der Waals surface area (Å²) in [5.74, 6) is 2.66. The van der Waals surface area contributed by atoms with Crippen molar-refractivity contribution in [3.05, 3.63) is 152 Å². The standard InChI is InChI=1S/C15H25N3.C15H21NO.C14H21N3.C14H24N2S.C13H21N.C12H20N2/c1-14(2,3)13-16-9-11-10-18(15(4,5)6)8-7-12(11)17-13;1-14(2,3)10-7-8-12-11(9-10)16-13(17-12)15(4,5)6;1-13(2,3)10-7-8-11-15-12(14(4,5)6)16-17(11)9-10;1-13(2,3)12-15-10-7-8-16(14(4,5)6)9-11(10)17-12;1-12(2,3)10-7-8-11(14-9-10)13(4,5)6;1-11(2,3)9-7-14-10(8-13-9)12(4,5)6/h9H,7-8,10H2,1-6H3;2*7-9H,1-6H3;7-9H2,1-6H3;7-9H,1-6H3;7-8H,1-6H3. The van der Waals surface area contributed by atoms with E-state index in [1.54, 1.807) is 0 Å². The van der Waals surface area contributed by atoms with Crippen molar-refractivity contribution in [2.75, 3.05) is 13.1 Å². The first-order valence-electron chi connectivity index (χ1n) is 35.6. The summed E-state index contributed by atoms with van der Waals surface area (Å²) in [4.78, 5) is 43.2. The predicted octanol–water partition coefficient (Wildman–Crippen LogP) is 21.0.